The van der Waals surface area contributed by atoms with Gasteiger partial charge in [0.15, 0.2) is 0 Å². The average Bonchev–Trinajstić information content (AvgIpc) is 2.55. The van der Waals surface area contributed by atoms with E-state index in [1.807, 2.05) is 6.92 Å². The Balaban J connectivity index is 1.94. The van der Waals surface area contributed by atoms with E-state index in [1.54, 1.807) is 53.1 Å². The minimum atomic E-state index is -3.72. The van der Waals surface area contributed by atoms with Crippen LogP contribution in [0.1, 0.15) is 13.8 Å². The lowest BCUT2D eigenvalue weighted by atomic mass is 10.2. The van der Waals surface area contributed by atoms with Gasteiger partial charge in [-0.3, -0.25) is 9.52 Å². The first-order chi connectivity index (χ1) is 11.8. The fourth-order valence-electron chi connectivity index (χ4n) is 2.62. The van der Waals surface area contributed by atoms with E-state index in [0.717, 1.165) is 10.6 Å². The Bertz CT molecular complexity index is 914. The van der Waals surface area contributed by atoms with E-state index in [1.165, 1.54) is 13.0 Å². The minimum absolute atomic E-state index is 0.0525. The second-order valence-electron chi connectivity index (χ2n) is 5.80. The number of benzene rings is 2. The molecule has 1 aliphatic heterocycles. The van der Waals surface area contributed by atoms with Crippen molar-refractivity contribution in [3.8, 4) is 0 Å². The summed E-state index contributed by atoms with van der Waals surface area (Å²) in [6.45, 7) is 4.14. The van der Waals surface area contributed by atoms with Crippen molar-refractivity contribution < 1.29 is 13.2 Å². The highest BCUT2D eigenvalue weighted by Gasteiger charge is 2.27. The van der Waals surface area contributed by atoms with Crippen LogP contribution in [0.15, 0.2) is 52.3 Å². The fraction of sp³-hybridized carbons (Fsp3) is 0.235. The first-order valence-electron chi connectivity index (χ1n) is 7.63. The third-order valence-electron chi connectivity index (χ3n) is 3.78. The third kappa shape index (κ3) is 3.94. The second-order valence-corrected chi connectivity index (χ2v) is 9.40. The van der Waals surface area contributed by atoms with Crippen molar-refractivity contribution in [1.82, 2.24) is 0 Å². The smallest absolute Gasteiger partial charge is 0.261 e. The molecule has 0 saturated heterocycles. The van der Waals surface area contributed by atoms with Crippen LogP contribution in [0, 0.1) is 0 Å². The molecule has 0 aromatic heterocycles. The summed E-state index contributed by atoms with van der Waals surface area (Å²) >= 11 is 7.39. The van der Waals surface area contributed by atoms with Crippen LogP contribution in [-0.4, -0.2) is 26.1 Å². The first kappa shape index (κ1) is 18.1. The summed E-state index contributed by atoms with van der Waals surface area (Å²) in [7, 11) is -3.72. The van der Waals surface area contributed by atoms with Crippen molar-refractivity contribution in [3.63, 3.8) is 0 Å². The van der Waals surface area contributed by atoms with E-state index in [0.29, 0.717) is 17.3 Å². The zero-order chi connectivity index (χ0) is 18.2. The van der Waals surface area contributed by atoms with Gasteiger partial charge < -0.3 is 4.90 Å². The largest absolute Gasteiger partial charge is 0.310 e. The van der Waals surface area contributed by atoms with Crippen LogP contribution in [0.2, 0.25) is 5.02 Å². The topological polar surface area (TPSA) is 66.5 Å². The van der Waals surface area contributed by atoms with Crippen LogP contribution >= 0.6 is 23.4 Å². The molecule has 1 N–H and O–H groups in total. The van der Waals surface area contributed by atoms with Crippen LogP contribution in [-0.2, 0) is 14.8 Å². The Kier molecular flexibility index (Phi) is 4.99. The minimum Gasteiger partial charge on any atom is -0.310 e. The highest BCUT2D eigenvalue weighted by Crippen LogP contribution is 2.39. The molecule has 1 heterocycles. The van der Waals surface area contributed by atoms with Crippen molar-refractivity contribution in [3.05, 3.63) is 47.5 Å². The number of anilines is 2. The van der Waals surface area contributed by atoms with E-state index >= 15 is 0 Å². The van der Waals surface area contributed by atoms with Gasteiger partial charge in [-0.25, -0.2) is 8.42 Å². The molecule has 25 heavy (non-hydrogen) atoms. The summed E-state index contributed by atoms with van der Waals surface area (Å²) in [5.74, 6) is -0.0525. The Morgan fingerprint density at radius 2 is 1.92 bits per heavy atom. The van der Waals surface area contributed by atoms with Crippen molar-refractivity contribution in [2.75, 3.05) is 16.2 Å². The van der Waals surface area contributed by atoms with Gasteiger partial charge in [0.2, 0.25) is 5.91 Å². The zero-order valence-corrected chi connectivity index (χ0v) is 16.1. The molecule has 0 bridgehead atoms. The number of thioether (sulfide) groups is 1. The number of fused-ring (bicyclic) bond motifs is 1. The number of carbonyl (C=O) groups excluding carboxylic acids is 1. The molecule has 0 aliphatic carbocycles. The maximum atomic E-state index is 12.6. The summed E-state index contributed by atoms with van der Waals surface area (Å²) in [6, 6.07) is 11.3. The number of hydrogen-bond donors (Lipinski definition) is 1. The van der Waals surface area contributed by atoms with Gasteiger partial charge in [-0.15, -0.1) is 11.8 Å². The summed E-state index contributed by atoms with van der Waals surface area (Å²) < 4.78 is 27.8. The van der Waals surface area contributed by atoms with Gasteiger partial charge in [-0.2, -0.15) is 0 Å². The highest BCUT2D eigenvalue weighted by molar-refractivity contribution is 8.00. The Morgan fingerprint density at radius 1 is 1.24 bits per heavy atom. The van der Waals surface area contributed by atoms with Crippen LogP contribution in [0.3, 0.4) is 0 Å². The van der Waals surface area contributed by atoms with Crippen molar-refractivity contribution in [1.29, 1.82) is 0 Å². The molecular weight excluding hydrogens is 380 g/mol. The normalized spacial score (nSPS) is 17.1. The van der Waals surface area contributed by atoms with Crippen molar-refractivity contribution >= 4 is 50.7 Å². The molecule has 3 rings (SSSR count). The van der Waals surface area contributed by atoms with E-state index in [9.17, 15) is 13.2 Å². The number of sulfonamides is 1. The van der Waals surface area contributed by atoms with Gasteiger partial charge in [0, 0.05) is 34.3 Å². The van der Waals surface area contributed by atoms with Crippen LogP contribution in [0.4, 0.5) is 11.4 Å². The average molecular weight is 397 g/mol. The van der Waals surface area contributed by atoms with Gasteiger partial charge >= 0.3 is 0 Å². The lowest BCUT2D eigenvalue weighted by molar-refractivity contribution is -0.116. The molecule has 2 aromatic carbocycles. The number of hydrogen-bond acceptors (Lipinski definition) is 4. The highest BCUT2D eigenvalue weighted by atomic mass is 35.5. The van der Waals surface area contributed by atoms with Crippen molar-refractivity contribution in [2.45, 2.75) is 28.9 Å². The Morgan fingerprint density at radius 3 is 2.56 bits per heavy atom. The maximum Gasteiger partial charge on any atom is 0.261 e. The first-order valence-corrected chi connectivity index (χ1v) is 10.4. The number of rotatable bonds is 3. The standard InChI is InChI=1S/C17H17ClN2O3S2/c1-11-10-20(12(2)21)16-8-7-15(9-17(16)24-11)25(22,23)19-14-5-3-13(18)4-6-14/h3-9,11,19H,10H2,1-2H3. The number of carbonyl (C=O) groups is 1. The molecule has 0 spiro atoms. The summed E-state index contributed by atoms with van der Waals surface area (Å²) in [5, 5.41) is 0.727. The number of nitrogens with one attached hydrogen (secondary N) is 1. The van der Waals surface area contributed by atoms with E-state index in [-0.39, 0.29) is 16.1 Å². The van der Waals surface area contributed by atoms with Gasteiger partial charge in [-0.1, -0.05) is 18.5 Å². The van der Waals surface area contributed by atoms with Gasteiger partial charge in [0.1, 0.15) is 0 Å². The maximum absolute atomic E-state index is 12.6. The molecule has 132 valence electrons. The molecule has 1 amide bonds. The second kappa shape index (κ2) is 6.90. The van der Waals surface area contributed by atoms with E-state index in [4.69, 9.17) is 11.6 Å². The monoisotopic (exact) mass is 396 g/mol. The molecular formula is C17H17ClN2O3S2. The molecule has 0 radical (unpaired) electrons. The molecule has 0 fully saturated rings. The Labute approximate surface area is 156 Å². The molecule has 0 saturated carbocycles. The molecule has 1 aliphatic rings. The quantitative estimate of drug-likeness (QED) is 0.851. The molecule has 1 unspecified atom stereocenters. The fourth-order valence-corrected chi connectivity index (χ4v) is 5.05. The number of amides is 1. The molecule has 5 nitrogen and oxygen atoms in total. The Hall–Kier alpha value is -1.70. The molecule has 1 atom stereocenters. The summed E-state index contributed by atoms with van der Waals surface area (Å²) in [5.41, 5.74) is 1.19. The van der Waals surface area contributed by atoms with Crippen molar-refractivity contribution in [2.24, 2.45) is 0 Å². The lowest BCUT2D eigenvalue weighted by Gasteiger charge is -2.32. The van der Waals surface area contributed by atoms with Crippen LogP contribution in [0.5, 0.6) is 0 Å². The van der Waals surface area contributed by atoms with E-state index in [2.05, 4.69) is 4.72 Å². The number of halogens is 1. The summed E-state index contributed by atoms with van der Waals surface area (Å²) in [6.07, 6.45) is 0. The summed E-state index contributed by atoms with van der Waals surface area (Å²) in [4.78, 5) is 14.5. The predicted octanol–water partition coefficient (Wildman–Crippen LogP) is 3.99. The van der Waals surface area contributed by atoms with Crippen LogP contribution in [0.25, 0.3) is 0 Å². The third-order valence-corrected chi connectivity index (χ3v) is 6.54. The molecule has 8 heteroatoms. The SMILES string of the molecule is CC(=O)N1CC(C)Sc2cc(S(=O)(=O)Nc3ccc(Cl)cc3)ccc21. The number of nitrogens with zero attached hydrogens (tertiary/aromatic N) is 1. The van der Waals surface area contributed by atoms with Gasteiger partial charge in [0.05, 0.1) is 10.6 Å². The van der Waals surface area contributed by atoms with Gasteiger partial charge in [0.25, 0.3) is 10.0 Å². The van der Waals surface area contributed by atoms with Crippen LogP contribution < -0.4 is 9.62 Å². The lowest BCUT2D eigenvalue weighted by Crippen LogP contribution is -2.37. The predicted molar refractivity (Wildman–Crippen MR) is 102 cm³/mol. The molecule has 2 aromatic rings. The zero-order valence-electron chi connectivity index (χ0n) is 13.7. The van der Waals surface area contributed by atoms with E-state index < -0.39 is 10.0 Å². The van der Waals surface area contributed by atoms with Gasteiger partial charge in [-0.05, 0) is 42.5 Å².